The predicted octanol–water partition coefficient (Wildman–Crippen LogP) is 3.44. The van der Waals surface area contributed by atoms with Gasteiger partial charge in [-0.05, 0) is 37.9 Å². The van der Waals surface area contributed by atoms with Gasteiger partial charge in [-0.25, -0.2) is 4.98 Å². The van der Waals surface area contributed by atoms with Gasteiger partial charge in [0.25, 0.3) is 0 Å². The summed E-state index contributed by atoms with van der Waals surface area (Å²) in [4.78, 5) is 9.01. The first-order chi connectivity index (χ1) is 9.20. The molecule has 0 radical (unpaired) electrons. The molecule has 2 heterocycles. The van der Waals surface area contributed by atoms with Crippen LogP contribution in [0.1, 0.15) is 41.2 Å². The Balaban J connectivity index is 2.20. The summed E-state index contributed by atoms with van der Waals surface area (Å²) in [5.41, 5.74) is 3.61. The monoisotopic (exact) mass is 275 g/mol. The Morgan fingerprint density at radius 3 is 2.79 bits per heavy atom. The van der Waals surface area contributed by atoms with Gasteiger partial charge in [0.05, 0.1) is 16.7 Å². The number of nitrogens with zero attached hydrogens (tertiary/aromatic N) is 2. The normalized spacial score (nSPS) is 12.6. The van der Waals surface area contributed by atoms with Gasteiger partial charge in [0, 0.05) is 24.2 Å². The number of rotatable bonds is 6. The van der Waals surface area contributed by atoms with Gasteiger partial charge in [-0.2, -0.15) is 0 Å². The SMILES string of the molecule is CCCNC(Cc1nccs1)c1ncc(C)cc1C. The van der Waals surface area contributed by atoms with Gasteiger partial charge in [0.15, 0.2) is 0 Å². The van der Waals surface area contributed by atoms with Crippen LogP contribution in [0.4, 0.5) is 0 Å². The third-order valence-corrected chi connectivity index (χ3v) is 3.89. The number of hydrogen-bond donors (Lipinski definition) is 1. The average molecular weight is 275 g/mol. The van der Waals surface area contributed by atoms with Crippen molar-refractivity contribution in [3.05, 3.63) is 45.7 Å². The van der Waals surface area contributed by atoms with Gasteiger partial charge in [-0.15, -0.1) is 11.3 Å². The third-order valence-electron chi connectivity index (χ3n) is 3.09. The first-order valence-electron chi connectivity index (χ1n) is 6.75. The van der Waals surface area contributed by atoms with Crippen molar-refractivity contribution in [2.24, 2.45) is 0 Å². The van der Waals surface area contributed by atoms with E-state index in [1.165, 1.54) is 11.1 Å². The zero-order valence-corrected chi connectivity index (χ0v) is 12.6. The zero-order chi connectivity index (χ0) is 13.7. The Labute approximate surface area is 119 Å². The molecule has 0 fully saturated rings. The molecule has 1 N–H and O–H groups in total. The average Bonchev–Trinajstić information content (AvgIpc) is 2.88. The van der Waals surface area contributed by atoms with E-state index in [2.05, 4.69) is 42.1 Å². The van der Waals surface area contributed by atoms with Crippen molar-refractivity contribution in [3.8, 4) is 0 Å². The van der Waals surface area contributed by atoms with E-state index in [4.69, 9.17) is 0 Å². The summed E-state index contributed by atoms with van der Waals surface area (Å²) in [6.07, 6.45) is 5.85. The molecule has 0 aliphatic carbocycles. The van der Waals surface area contributed by atoms with Crippen LogP contribution in [0.3, 0.4) is 0 Å². The lowest BCUT2D eigenvalue weighted by Crippen LogP contribution is -2.25. The first kappa shape index (κ1) is 14.2. The number of nitrogens with one attached hydrogen (secondary N) is 1. The summed E-state index contributed by atoms with van der Waals surface area (Å²) >= 11 is 1.71. The van der Waals surface area contributed by atoms with E-state index in [-0.39, 0.29) is 6.04 Å². The molecule has 2 aromatic rings. The predicted molar refractivity (Wildman–Crippen MR) is 80.6 cm³/mol. The molecule has 0 bridgehead atoms. The fraction of sp³-hybridized carbons (Fsp3) is 0.467. The molecule has 0 saturated heterocycles. The lowest BCUT2D eigenvalue weighted by atomic mass is 10.0. The number of aryl methyl sites for hydroxylation is 2. The summed E-state index contributed by atoms with van der Waals surface area (Å²) in [6.45, 7) is 7.41. The molecule has 0 aromatic carbocycles. The van der Waals surface area contributed by atoms with Gasteiger partial charge in [-0.1, -0.05) is 13.0 Å². The van der Waals surface area contributed by atoms with Crippen LogP contribution < -0.4 is 5.32 Å². The molecule has 0 amide bonds. The maximum Gasteiger partial charge on any atom is 0.0944 e. The minimum atomic E-state index is 0.256. The minimum absolute atomic E-state index is 0.256. The smallest absolute Gasteiger partial charge is 0.0944 e. The van der Waals surface area contributed by atoms with Gasteiger partial charge in [-0.3, -0.25) is 4.98 Å². The lowest BCUT2D eigenvalue weighted by molar-refractivity contribution is 0.514. The van der Waals surface area contributed by atoms with Crippen LogP contribution in [-0.4, -0.2) is 16.5 Å². The quantitative estimate of drug-likeness (QED) is 0.877. The number of aromatic nitrogens is 2. The highest BCUT2D eigenvalue weighted by molar-refractivity contribution is 7.09. The second-order valence-electron chi connectivity index (χ2n) is 4.85. The van der Waals surface area contributed by atoms with Crippen molar-refractivity contribution in [1.82, 2.24) is 15.3 Å². The Kier molecular flexibility index (Phi) is 5.05. The van der Waals surface area contributed by atoms with Crippen molar-refractivity contribution in [2.75, 3.05) is 6.54 Å². The number of pyridine rings is 1. The maximum absolute atomic E-state index is 4.63. The number of thiazole rings is 1. The largest absolute Gasteiger partial charge is 0.308 e. The molecule has 4 heteroatoms. The van der Waals surface area contributed by atoms with Crippen LogP contribution in [-0.2, 0) is 6.42 Å². The van der Waals surface area contributed by atoms with Gasteiger partial charge in [0.1, 0.15) is 0 Å². The minimum Gasteiger partial charge on any atom is -0.308 e. The van der Waals surface area contributed by atoms with Crippen LogP contribution in [0.25, 0.3) is 0 Å². The van der Waals surface area contributed by atoms with Crippen molar-refractivity contribution in [2.45, 2.75) is 39.7 Å². The first-order valence-corrected chi connectivity index (χ1v) is 7.63. The lowest BCUT2D eigenvalue weighted by Gasteiger charge is -2.19. The highest BCUT2D eigenvalue weighted by atomic mass is 32.1. The second-order valence-corrected chi connectivity index (χ2v) is 5.83. The molecule has 102 valence electrons. The molecule has 0 spiro atoms. The van der Waals surface area contributed by atoms with Crippen molar-refractivity contribution >= 4 is 11.3 Å². The standard InChI is InChI=1S/C15H21N3S/c1-4-5-16-13(9-14-17-6-7-19-14)15-12(3)8-11(2)10-18-15/h6-8,10,13,16H,4-5,9H2,1-3H3. The van der Waals surface area contributed by atoms with E-state index in [0.717, 1.165) is 30.1 Å². The van der Waals surface area contributed by atoms with Crippen LogP contribution in [0, 0.1) is 13.8 Å². The molecule has 19 heavy (non-hydrogen) atoms. The van der Waals surface area contributed by atoms with Crippen LogP contribution in [0.15, 0.2) is 23.8 Å². The van der Waals surface area contributed by atoms with E-state index < -0.39 is 0 Å². The Bertz CT molecular complexity index is 508. The van der Waals surface area contributed by atoms with E-state index in [1.807, 2.05) is 17.8 Å². The highest BCUT2D eigenvalue weighted by Crippen LogP contribution is 2.21. The summed E-state index contributed by atoms with van der Waals surface area (Å²) in [7, 11) is 0. The van der Waals surface area contributed by atoms with Gasteiger partial charge < -0.3 is 5.32 Å². The third kappa shape index (κ3) is 3.85. The summed E-state index contributed by atoms with van der Waals surface area (Å²) < 4.78 is 0. The van der Waals surface area contributed by atoms with Crippen LogP contribution in [0.2, 0.25) is 0 Å². The molecule has 3 nitrogen and oxygen atoms in total. The molecule has 1 atom stereocenters. The molecule has 0 aliphatic heterocycles. The zero-order valence-electron chi connectivity index (χ0n) is 11.8. The molecular weight excluding hydrogens is 254 g/mol. The highest BCUT2D eigenvalue weighted by Gasteiger charge is 2.16. The van der Waals surface area contributed by atoms with Crippen molar-refractivity contribution in [3.63, 3.8) is 0 Å². The van der Waals surface area contributed by atoms with Crippen molar-refractivity contribution < 1.29 is 0 Å². The van der Waals surface area contributed by atoms with Gasteiger partial charge >= 0.3 is 0 Å². The molecule has 1 unspecified atom stereocenters. The molecular formula is C15H21N3S. The summed E-state index contributed by atoms with van der Waals surface area (Å²) in [5.74, 6) is 0. The Morgan fingerprint density at radius 1 is 1.32 bits per heavy atom. The molecule has 2 aromatic heterocycles. The summed E-state index contributed by atoms with van der Waals surface area (Å²) in [6, 6.07) is 2.46. The van der Waals surface area contributed by atoms with E-state index in [1.54, 1.807) is 11.3 Å². The van der Waals surface area contributed by atoms with E-state index >= 15 is 0 Å². The van der Waals surface area contributed by atoms with Gasteiger partial charge in [0.2, 0.25) is 0 Å². The second kappa shape index (κ2) is 6.78. The Hall–Kier alpha value is -1.26. The molecule has 0 aliphatic rings. The van der Waals surface area contributed by atoms with Crippen molar-refractivity contribution in [1.29, 1.82) is 0 Å². The van der Waals surface area contributed by atoms with E-state index in [0.29, 0.717) is 0 Å². The Morgan fingerprint density at radius 2 is 2.16 bits per heavy atom. The molecule has 2 rings (SSSR count). The van der Waals surface area contributed by atoms with E-state index in [9.17, 15) is 0 Å². The molecule has 0 saturated carbocycles. The fourth-order valence-corrected chi connectivity index (χ4v) is 2.87. The fourth-order valence-electron chi connectivity index (χ4n) is 2.20. The summed E-state index contributed by atoms with van der Waals surface area (Å²) in [5, 5.41) is 6.78. The topological polar surface area (TPSA) is 37.8 Å². The maximum atomic E-state index is 4.63. The van der Waals surface area contributed by atoms with Crippen LogP contribution in [0.5, 0.6) is 0 Å². The van der Waals surface area contributed by atoms with Crippen LogP contribution >= 0.6 is 11.3 Å². The number of hydrogen-bond acceptors (Lipinski definition) is 4.